The normalized spacial score (nSPS) is 18.6. The molecule has 1 nitrogen and oxygen atoms in total. The van der Waals surface area contributed by atoms with Gasteiger partial charge in [-0.25, -0.2) is 4.39 Å². The molecule has 0 amide bonds. The highest BCUT2D eigenvalue weighted by molar-refractivity contribution is 7.99. The van der Waals surface area contributed by atoms with Crippen LogP contribution in [-0.4, -0.2) is 5.75 Å². The number of hydrogen-bond donors (Lipinski definition) is 1. The molecule has 1 aromatic carbocycles. The average Bonchev–Trinajstić information content (AvgIpc) is 2.90. The van der Waals surface area contributed by atoms with Crippen LogP contribution in [0.15, 0.2) is 40.6 Å². The van der Waals surface area contributed by atoms with Crippen molar-refractivity contribution in [2.45, 2.75) is 23.9 Å². The molecule has 0 saturated heterocycles. The highest BCUT2D eigenvalue weighted by Gasteiger charge is 2.22. The van der Waals surface area contributed by atoms with Crippen LogP contribution in [0.4, 0.5) is 4.39 Å². The zero-order valence-corrected chi connectivity index (χ0v) is 11.5. The van der Waals surface area contributed by atoms with Gasteiger partial charge in [0.05, 0.1) is 0 Å². The van der Waals surface area contributed by atoms with Gasteiger partial charge in [-0.15, -0.1) is 23.1 Å². The second-order valence-corrected chi connectivity index (χ2v) is 6.45. The van der Waals surface area contributed by atoms with E-state index >= 15 is 0 Å². The van der Waals surface area contributed by atoms with Gasteiger partial charge in [-0.2, -0.15) is 0 Å². The van der Waals surface area contributed by atoms with E-state index in [9.17, 15) is 4.39 Å². The second kappa shape index (κ2) is 5.43. The molecule has 2 aromatic rings. The first-order valence-electron chi connectivity index (χ1n) is 6.01. The van der Waals surface area contributed by atoms with Crippen LogP contribution in [0.25, 0.3) is 0 Å². The van der Waals surface area contributed by atoms with Crippen molar-refractivity contribution in [2.75, 3.05) is 5.75 Å². The van der Waals surface area contributed by atoms with Gasteiger partial charge in [-0.3, -0.25) is 0 Å². The maximum Gasteiger partial charge on any atom is 0.137 e. The first-order chi connectivity index (χ1) is 8.84. The third-order valence-electron chi connectivity index (χ3n) is 3.13. The van der Waals surface area contributed by atoms with E-state index in [1.54, 1.807) is 35.2 Å². The summed E-state index contributed by atoms with van der Waals surface area (Å²) in [5, 5.41) is 5.62. The first-order valence-corrected chi connectivity index (χ1v) is 7.88. The first kappa shape index (κ1) is 12.2. The minimum atomic E-state index is -0.0832. The van der Waals surface area contributed by atoms with Gasteiger partial charge in [0.2, 0.25) is 0 Å². The van der Waals surface area contributed by atoms with Crippen LogP contribution in [0.1, 0.15) is 22.9 Å². The predicted octanol–water partition coefficient (Wildman–Crippen LogP) is 4.21. The van der Waals surface area contributed by atoms with Gasteiger partial charge in [0.25, 0.3) is 0 Å². The minimum Gasteiger partial charge on any atom is -0.305 e. The van der Waals surface area contributed by atoms with Crippen LogP contribution in [0, 0.1) is 5.82 Å². The summed E-state index contributed by atoms with van der Waals surface area (Å²) in [5.41, 5.74) is 1.11. The second-order valence-electron chi connectivity index (χ2n) is 4.31. The lowest BCUT2D eigenvalue weighted by atomic mass is 10.0. The SMILES string of the molecule is Fc1cccc2c1SCCC2NCc1cccs1. The van der Waals surface area contributed by atoms with Crippen molar-refractivity contribution in [3.05, 3.63) is 52.0 Å². The zero-order chi connectivity index (χ0) is 12.4. The Morgan fingerprint density at radius 3 is 3.06 bits per heavy atom. The Morgan fingerprint density at radius 2 is 2.22 bits per heavy atom. The number of nitrogens with one attached hydrogen (secondary N) is 1. The average molecular weight is 279 g/mol. The maximum absolute atomic E-state index is 13.7. The number of thiophene rings is 1. The van der Waals surface area contributed by atoms with Gasteiger partial charge in [-0.1, -0.05) is 18.2 Å². The van der Waals surface area contributed by atoms with E-state index in [1.807, 2.05) is 6.07 Å². The zero-order valence-electron chi connectivity index (χ0n) is 9.86. The molecule has 18 heavy (non-hydrogen) atoms. The lowest BCUT2D eigenvalue weighted by Gasteiger charge is -2.26. The van der Waals surface area contributed by atoms with Crippen LogP contribution in [0.3, 0.4) is 0 Å². The van der Waals surface area contributed by atoms with E-state index in [1.165, 1.54) is 4.88 Å². The van der Waals surface area contributed by atoms with Gasteiger partial charge in [0.15, 0.2) is 0 Å². The number of halogens is 1. The van der Waals surface area contributed by atoms with Crippen molar-refractivity contribution in [3.63, 3.8) is 0 Å². The highest BCUT2D eigenvalue weighted by atomic mass is 32.2. The molecule has 2 heterocycles. The molecule has 1 aromatic heterocycles. The summed E-state index contributed by atoms with van der Waals surface area (Å²) in [6.07, 6.45) is 1.06. The Hall–Kier alpha value is -0.840. The van der Waals surface area contributed by atoms with E-state index in [2.05, 4.69) is 22.8 Å². The van der Waals surface area contributed by atoms with Crippen molar-refractivity contribution in [3.8, 4) is 0 Å². The highest BCUT2D eigenvalue weighted by Crippen LogP contribution is 2.37. The fourth-order valence-corrected chi connectivity index (χ4v) is 4.03. The summed E-state index contributed by atoms with van der Waals surface area (Å²) >= 11 is 3.38. The van der Waals surface area contributed by atoms with Crippen LogP contribution in [0.5, 0.6) is 0 Å². The summed E-state index contributed by atoms with van der Waals surface area (Å²) in [4.78, 5) is 2.15. The lowest BCUT2D eigenvalue weighted by molar-refractivity contribution is 0.499. The molecule has 0 radical (unpaired) electrons. The van der Waals surface area contributed by atoms with Crippen molar-refractivity contribution >= 4 is 23.1 Å². The largest absolute Gasteiger partial charge is 0.305 e. The fraction of sp³-hybridized carbons (Fsp3) is 0.286. The topological polar surface area (TPSA) is 12.0 Å². The van der Waals surface area contributed by atoms with Crippen molar-refractivity contribution in [1.29, 1.82) is 0 Å². The number of rotatable bonds is 3. The Kier molecular flexibility index (Phi) is 3.68. The van der Waals surface area contributed by atoms with Crippen molar-refractivity contribution < 1.29 is 4.39 Å². The number of benzene rings is 1. The van der Waals surface area contributed by atoms with Crippen LogP contribution in [0.2, 0.25) is 0 Å². The summed E-state index contributed by atoms with van der Waals surface area (Å²) in [6, 6.07) is 9.86. The van der Waals surface area contributed by atoms with Crippen LogP contribution < -0.4 is 5.32 Å². The molecule has 3 rings (SSSR count). The molecule has 4 heteroatoms. The molecular weight excluding hydrogens is 265 g/mol. The van der Waals surface area contributed by atoms with E-state index in [-0.39, 0.29) is 11.9 Å². The molecule has 1 atom stereocenters. The molecule has 0 saturated carbocycles. The molecule has 0 aliphatic carbocycles. The number of fused-ring (bicyclic) bond motifs is 1. The smallest absolute Gasteiger partial charge is 0.137 e. The summed E-state index contributed by atoms with van der Waals surface area (Å²) in [6.45, 7) is 0.864. The van der Waals surface area contributed by atoms with Crippen molar-refractivity contribution in [1.82, 2.24) is 5.32 Å². The monoisotopic (exact) mass is 279 g/mol. The molecule has 1 aliphatic heterocycles. The standard InChI is InChI=1S/C14H14FNS2/c15-12-5-1-4-11-13(6-8-18-14(11)12)16-9-10-3-2-7-17-10/h1-5,7,13,16H,6,8-9H2. The molecular formula is C14H14FNS2. The molecule has 94 valence electrons. The quantitative estimate of drug-likeness (QED) is 0.903. The van der Waals surface area contributed by atoms with Crippen LogP contribution >= 0.6 is 23.1 Å². The van der Waals surface area contributed by atoms with E-state index < -0.39 is 0 Å². The summed E-state index contributed by atoms with van der Waals surface area (Å²) in [5.74, 6) is 0.899. The third-order valence-corrected chi connectivity index (χ3v) is 5.16. The van der Waals surface area contributed by atoms with Gasteiger partial charge in [0.1, 0.15) is 5.82 Å². The van der Waals surface area contributed by atoms with Gasteiger partial charge < -0.3 is 5.32 Å². The summed E-state index contributed by atoms with van der Waals surface area (Å²) < 4.78 is 13.7. The van der Waals surface area contributed by atoms with E-state index in [0.717, 1.165) is 29.2 Å². The molecule has 1 aliphatic rings. The van der Waals surface area contributed by atoms with Gasteiger partial charge in [0, 0.05) is 22.4 Å². The maximum atomic E-state index is 13.7. The molecule has 0 spiro atoms. The number of thioether (sulfide) groups is 1. The van der Waals surface area contributed by atoms with E-state index in [4.69, 9.17) is 0 Å². The fourth-order valence-electron chi connectivity index (χ4n) is 2.24. The Balaban J connectivity index is 1.77. The minimum absolute atomic E-state index is 0.0832. The Bertz CT molecular complexity index is 525. The number of hydrogen-bond acceptors (Lipinski definition) is 3. The molecule has 0 fully saturated rings. The lowest BCUT2D eigenvalue weighted by Crippen LogP contribution is -2.24. The van der Waals surface area contributed by atoms with E-state index in [0.29, 0.717) is 0 Å². The molecule has 1 N–H and O–H groups in total. The predicted molar refractivity (Wildman–Crippen MR) is 75.6 cm³/mol. The summed E-state index contributed by atoms with van der Waals surface area (Å²) in [7, 11) is 0. The van der Waals surface area contributed by atoms with Crippen LogP contribution in [-0.2, 0) is 6.54 Å². The molecule has 1 unspecified atom stereocenters. The third kappa shape index (κ3) is 2.46. The Morgan fingerprint density at radius 1 is 1.28 bits per heavy atom. The molecule has 0 bridgehead atoms. The Labute approximate surface area is 114 Å². The van der Waals surface area contributed by atoms with Gasteiger partial charge >= 0.3 is 0 Å². The van der Waals surface area contributed by atoms with Crippen molar-refractivity contribution in [2.24, 2.45) is 0 Å². The van der Waals surface area contributed by atoms with Gasteiger partial charge in [-0.05, 0) is 35.2 Å².